The van der Waals surface area contributed by atoms with Gasteiger partial charge in [-0.05, 0) is 43.0 Å². The molecule has 0 aromatic heterocycles. The van der Waals surface area contributed by atoms with Gasteiger partial charge in [-0.15, -0.1) is 13.2 Å². The zero-order valence-electron chi connectivity index (χ0n) is 18.9. The Labute approximate surface area is 196 Å². The highest BCUT2D eigenvalue weighted by atomic mass is 19.4. The Morgan fingerprint density at radius 3 is 2.26 bits per heavy atom. The summed E-state index contributed by atoms with van der Waals surface area (Å²) in [6, 6.07) is 12.4. The highest BCUT2D eigenvalue weighted by molar-refractivity contribution is 5.95. The van der Waals surface area contributed by atoms with Gasteiger partial charge in [-0.1, -0.05) is 42.0 Å². The maximum absolute atomic E-state index is 13.3. The molecule has 34 heavy (non-hydrogen) atoms. The summed E-state index contributed by atoms with van der Waals surface area (Å²) in [5.41, 5.74) is 1.78. The molecule has 4 rings (SSSR count). The van der Waals surface area contributed by atoms with E-state index < -0.39 is 17.8 Å². The molecule has 6 nitrogen and oxygen atoms in total. The first kappa shape index (κ1) is 24.1. The molecule has 1 saturated heterocycles. The van der Waals surface area contributed by atoms with Gasteiger partial charge in [-0.2, -0.15) is 0 Å². The highest BCUT2D eigenvalue weighted by Gasteiger charge is 2.52. The van der Waals surface area contributed by atoms with Gasteiger partial charge < -0.3 is 20.7 Å². The molecule has 2 fully saturated rings. The minimum absolute atomic E-state index is 0.245. The lowest BCUT2D eigenvalue weighted by molar-refractivity contribution is -0.274. The van der Waals surface area contributed by atoms with Crippen molar-refractivity contribution in [3.05, 3.63) is 65.2 Å². The van der Waals surface area contributed by atoms with Crippen molar-refractivity contribution >= 4 is 11.8 Å². The third-order valence-electron chi connectivity index (χ3n) is 6.44. The third-order valence-corrected chi connectivity index (χ3v) is 6.44. The highest BCUT2D eigenvalue weighted by Crippen LogP contribution is 2.49. The van der Waals surface area contributed by atoms with Crippen LogP contribution < -0.4 is 20.7 Å². The number of ether oxygens (including phenoxy) is 1. The second kappa shape index (κ2) is 9.66. The largest absolute Gasteiger partial charge is 0.573 e. The first-order valence-electron chi connectivity index (χ1n) is 11.4. The zero-order valence-corrected chi connectivity index (χ0v) is 18.9. The van der Waals surface area contributed by atoms with E-state index in [1.54, 1.807) is 0 Å². The zero-order chi connectivity index (χ0) is 24.3. The molecule has 9 heteroatoms. The molecule has 1 saturated carbocycles. The van der Waals surface area contributed by atoms with Crippen molar-refractivity contribution in [2.45, 2.75) is 44.0 Å². The van der Waals surface area contributed by atoms with Crippen molar-refractivity contribution < 1.29 is 27.5 Å². The standard InChI is InChI=1S/C25H28F3N3O3/c1-16-2-4-17(5-3-16)12-21(22(32)30-15-18-13-29-14-18)31-23(33)24(10-11-24)19-6-8-20(9-7-19)34-25(26,27)28/h2-9,18,21,29H,10-15H2,1H3,(H,30,32)(H,31,33). The summed E-state index contributed by atoms with van der Waals surface area (Å²) in [7, 11) is 0. The number of aryl methyl sites for hydroxylation is 1. The van der Waals surface area contributed by atoms with Crippen LogP contribution in [0.25, 0.3) is 0 Å². The molecule has 1 heterocycles. The first-order valence-corrected chi connectivity index (χ1v) is 11.4. The fraction of sp³-hybridized carbons (Fsp3) is 0.440. The summed E-state index contributed by atoms with van der Waals surface area (Å²) in [4.78, 5) is 26.3. The van der Waals surface area contributed by atoms with E-state index in [0.717, 1.165) is 24.2 Å². The topological polar surface area (TPSA) is 79.5 Å². The number of nitrogens with one attached hydrogen (secondary N) is 3. The maximum Gasteiger partial charge on any atom is 0.573 e. The minimum Gasteiger partial charge on any atom is -0.406 e. The van der Waals surface area contributed by atoms with Gasteiger partial charge in [0.1, 0.15) is 11.8 Å². The van der Waals surface area contributed by atoms with Crippen LogP contribution in [0.4, 0.5) is 13.2 Å². The molecule has 2 aromatic carbocycles. The third kappa shape index (κ3) is 5.88. The van der Waals surface area contributed by atoms with Gasteiger partial charge in [0.15, 0.2) is 0 Å². The Balaban J connectivity index is 1.46. The fourth-order valence-corrected chi connectivity index (χ4v) is 4.07. The Morgan fingerprint density at radius 1 is 1.09 bits per heavy atom. The number of halogens is 3. The van der Waals surface area contributed by atoms with Crippen LogP contribution in [0.15, 0.2) is 48.5 Å². The summed E-state index contributed by atoms with van der Waals surface area (Å²) >= 11 is 0. The maximum atomic E-state index is 13.3. The minimum atomic E-state index is -4.78. The molecule has 1 aliphatic heterocycles. The van der Waals surface area contributed by atoms with Crippen LogP contribution in [0, 0.1) is 12.8 Å². The van der Waals surface area contributed by atoms with Crippen molar-refractivity contribution in [3.63, 3.8) is 0 Å². The molecular weight excluding hydrogens is 447 g/mol. The van der Waals surface area contributed by atoms with E-state index in [0.29, 0.717) is 37.3 Å². The van der Waals surface area contributed by atoms with Crippen molar-refractivity contribution in [2.75, 3.05) is 19.6 Å². The predicted molar refractivity (Wildman–Crippen MR) is 120 cm³/mol. The molecular formula is C25H28F3N3O3. The van der Waals surface area contributed by atoms with Crippen LogP contribution in [0.5, 0.6) is 5.75 Å². The number of benzene rings is 2. The van der Waals surface area contributed by atoms with E-state index in [-0.39, 0.29) is 17.6 Å². The van der Waals surface area contributed by atoms with Crippen LogP contribution in [0.3, 0.4) is 0 Å². The van der Waals surface area contributed by atoms with Crippen molar-refractivity contribution in [2.24, 2.45) is 5.92 Å². The van der Waals surface area contributed by atoms with Crippen LogP contribution in [0.2, 0.25) is 0 Å². The van der Waals surface area contributed by atoms with E-state index in [1.165, 1.54) is 24.3 Å². The van der Waals surface area contributed by atoms with Crippen LogP contribution >= 0.6 is 0 Å². The van der Waals surface area contributed by atoms with Gasteiger partial charge in [-0.3, -0.25) is 9.59 Å². The fourth-order valence-electron chi connectivity index (χ4n) is 4.07. The van der Waals surface area contributed by atoms with E-state index in [2.05, 4.69) is 20.7 Å². The monoisotopic (exact) mass is 475 g/mol. The molecule has 3 N–H and O–H groups in total. The van der Waals surface area contributed by atoms with Crippen LogP contribution in [0.1, 0.15) is 29.5 Å². The Kier molecular flexibility index (Phi) is 6.84. The second-order valence-electron chi connectivity index (χ2n) is 9.14. The number of carbonyl (C=O) groups is 2. The van der Waals surface area contributed by atoms with Gasteiger partial charge in [-0.25, -0.2) is 0 Å². The normalized spacial score (nSPS) is 17.9. The lowest BCUT2D eigenvalue weighted by Crippen LogP contribution is -2.54. The van der Waals surface area contributed by atoms with Gasteiger partial charge in [0.2, 0.25) is 11.8 Å². The van der Waals surface area contributed by atoms with Gasteiger partial charge in [0.05, 0.1) is 5.41 Å². The summed E-state index contributed by atoms with van der Waals surface area (Å²) in [6.07, 6.45) is -3.31. The summed E-state index contributed by atoms with van der Waals surface area (Å²) in [5.74, 6) is -0.499. The number of amides is 2. The number of hydrogen-bond acceptors (Lipinski definition) is 4. The number of carbonyl (C=O) groups excluding carboxylic acids is 2. The average molecular weight is 476 g/mol. The summed E-state index contributed by atoms with van der Waals surface area (Å²) in [6.45, 7) is 4.22. The average Bonchev–Trinajstić information content (AvgIpc) is 3.55. The van der Waals surface area contributed by atoms with Crippen LogP contribution in [-0.4, -0.2) is 43.9 Å². The van der Waals surface area contributed by atoms with Crippen molar-refractivity contribution in [3.8, 4) is 5.75 Å². The molecule has 0 spiro atoms. The van der Waals surface area contributed by atoms with Gasteiger partial charge in [0.25, 0.3) is 0 Å². The molecule has 0 radical (unpaired) electrons. The summed E-state index contributed by atoms with van der Waals surface area (Å²) < 4.78 is 41.3. The van der Waals surface area contributed by atoms with E-state index >= 15 is 0 Å². The van der Waals surface area contributed by atoms with E-state index in [4.69, 9.17) is 0 Å². The molecule has 2 aromatic rings. The quantitative estimate of drug-likeness (QED) is 0.521. The smallest absolute Gasteiger partial charge is 0.406 e. The Morgan fingerprint density at radius 2 is 1.74 bits per heavy atom. The Hall–Kier alpha value is -3.07. The Bertz CT molecular complexity index is 1010. The molecule has 1 atom stereocenters. The number of hydrogen-bond donors (Lipinski definition) is 3. The first-order chi connectivity index (χ1) is 16.1. The molecule has 0 bridgehead atoms. The van der Waals surface area contributed by atoms with Crippen LogP contribution in [-0.2, 0) is 21.4 Å². The number of rotatable bonds is 9. The van der Waals surface area contributed by atoms with Gasteiger partial charge in [0, 0.05) is 32.0 Å². The number of alkyl halides is 3. The lowest BCUT2D eigenvalue weighted by Gasteiger charge is -2.28. The summed E-state index contributed by atoms with van der Waals surface area (Å²) in [5, 5.41) is 9.02. The molecule has 182 valence electrons. The molecule has 2 aliphatic rings. The van der Waals surface area contributed by atoms with E-state index in [9.17, 15) is 22.8 Å². The lowest BCUT2D eigenvalue weighted by atomic mass is 9.93. The van der Waals surface area contributed by atoms with Crippen molar-refractivity contribution in [1.29, 1.82) is 0 Å². The molecule has 2 amide bonds. The SMILES string of the molecule is Cc1ccc(CC(NC(=O)C2(c3ccc(OC(F)(F)F)cc3)CC2)C(=O)NCC2CNC2)cc1. The van der Waals surface area contributed by atoms with Crippen molar-refractivity contribution in [1.82, 2.24) is 16.0 Å². The van der Waals surface area contributed by atoms with Gasteiger partial charge >= 0.3 is 6.36 Å². The van der Waals surface area contributed by atoms with E-state index in [1.807, 2.05) is 31.2 Å². The molecule has 1 aliphatic carbocycles. The molecule has 1 unspecified atom stereocenters. The predicted octanol–water partition coefficient (Wildman–Crippen LogP) is 2.99. The second-order valence-corrected chi connectivity index (χ2v) is 9.14.